The summed E-state index contributed by atoms with van der Waals surface area (Å²) in [6.07, 6.45) is 3.73. The molecular formula is C29H38N6O6S. The molecule has 2 aromatic rings. The first-order valence-electron chi connectivity index (χ1n) is 14.1. The summed E-state index contributed by atoms with van der Waals surface area (Å²) in [6.45, 7) is 7.18. The molecule has 2 aliphatic rings. The Hall–Kier alpha value is -3.74. The van der Waals surface area contributed by atoms with E-state index in [9.17, 15) is 24.0 Å². The Morgan fingerprint density at radius 3 is 2.31 bits per heavy atom. The van der Waals surface area contributed by atoms with Gasteiger partial charge in [0.15, 0.2) is 0 Å². The number of rotatable bonds is 11. The van der Waals surface area contributed by atoms with Crippen molar-refractivity contribution in [3.05, 3.63) is 41.8 Å². The van der Waals surface area contributed by atoms with Gasteiger partial charge in [-0.25, -0.2) is 4.79 Å². The fraction of sp³-hybridized carbons (Fsp3) is 0.552. The summed E-state index contributed by atoms with van der Waals surface area (Å²) in [6, 6.07) is 7.31. The van der Waals surface area contributed by atoms with Gasteiger partial charge in [-0.1, -0.05) is 51.3 Å². The summed E-state index contributed by atoms with van der Waals surface area (Å²) >= 11 is 0.963. The second kappa shape index (κ2) is 12.6. The number of benzene rings is 1. The van der Waals surface area contributed by atoms with Crippen LogP contribution >= 0.6 is 11.8 Å². The van der Waals surface area contributed by atoms with Crippen molar-refractivity contribution >= 4 is 41.3 Å². The van der Waals surface area contributed by atoms with Gasteiger partial charge in [0, 0.05) is 12.6 Å². The molecule has 226 valence electrons. The van der Waals surface area contributed by atoms with Crippen LogP contribution in [-0.2, 0) is 9.59 Å². The van der Waals surface area contributed by atoms with Gasteiger partial charge in [0.25, 0.3) is 22.9 Å². The van der Waals surface area contributed by atoms with Crippen LogP contribution in [0.3, 0.4) is 0 Å². The Morgan fingerprint density at radius 2 is 1.71 bits per heavy atom. The van der Waals surface area contributed by atoms with E-state index in [1.807, 2.05) is 19.9 Å². The number of aromatic nitrogens is 2. The van der Waals surface area contributed by atoms with E-state index in [0.717, 1.165) is 35.9 Å². The zero-order chi connectivity index (χ0) is 30.7. The number of Topliss-reactive ketones (excluding diaryl/α,β-unsaturated/α-hetero) is 1. The minimum atomic E-state index is -1.15. The van der Waals surface area contributed by atoms with Crippen molar-refractivity contribution in [2.75, 3.05) is 12.9 Å². The second-order valence-electron chi connectivity index (χ2n) is 11.8. The van der Waals surface area contributed by atoms with Crippen molar-refractivity contribution in [2.45, 2.75) is 88.6 Å². The quantitative estimate of drug-likeness (QED) is 0.224. The maximum Gasteiger partial charge on any atom is 0.328 e. The molecule has 4 rings (SSSR count). The van der Waals surface area contributed by atoms with Gasteiger partial charge >= 0.3 is 6.03 Å². The van der Waals surface area contributed by atoms with Crippen LogP contribution in [0.15, 0.2) is 40.0 Å². The van der Waals surface area contributed by atoms with E-state index >= 15 is 0 Å². The largest absolute Gasteiger partial charge is 0.408 e. The van der Waals surface area contributed by atoms with Gasteiger partial charge in [-0.05, 0) is 62.9 Å². The molecule has 1 aliphatic heterocycles. The lowest BCUT2D eigenvalue weighted by Gasteiger charge is -2.37. The molecule has 1 atom stereocenters. The number of urea groups is 1. The molecule has 1 aromatic carbocycles. The van der Waals surface area contributed by atoms with Crippen LogP contribution in [0.4, 0.5) is 4.79 Å². The third-order valence-electron chi connectivity index (χ3n) is 7.92. The first-order valence-corrected chi connectivity index (χ1v) is 15.1. The Morgan fingerprint density at radius 1 is 1.05 bits per heavy atom. The van der Waals surface area contributed by atoms with Crippen LogP contribution in [-0.4, -0.2) is 79.6 Å². The molecule has 12 nitrogen and oxygen atoms in total. The van der Waals surface area contributed by atoms with E-state index in [0.29, 0.717) is 24.8 Å². The smallest absolute Gasteiger partial charge is 0.328 e. The summed E-state index contributed by atoms with van der Waals surface area (Å²) in [7, 11) is 1.56. The lowest BCUT2D eigenvalue weighted by molar-refractivity contribution is -0.131. The van der Waals surface area contributed by atoms with E-state index in [1.54, 1.807) is 45.2 Å². The van der Waals surface area contributed by atoms with Crippen LogP contribution < -0.4 is 10.6 Å². The molecule has 0 unspecified atom stereocenters. The Labute approximate surface area is 249 Å². The molecule has 42 heavy (non-hydrogen) atoms. The number of likely N-dealkylation sites (N-methyl/N-ethyl adjacent to an activating group) is 1. The number of thioether (sulfide) groups is 1. The van der Waals surface area contributed by atoms with Crippen molar-refractivity contribution < 1.29 is 28.4 Å². The molecule has 0 spiro atoms. The topological polar surface area (TPSA) is 155 Å². The molecule has 0 bridgehead atoms. The minimum Gasteiger partial charge on any atom is -0.408 e. The van der Waals surface area contributed by atoms with Crippen LogP contribution in [0.1, 0.15) is 87.3 Å². The summed E-state index contributed by atoms with van der Waals surface area (Å²) < 4.78 is 5.60. The molecule has 2 fully saturated rings. The molecule has 13 heteroatoms. The third kappa shape index (κ3) is 6.50. The number of hydrogen-bond donors (Lipinski definition) is 2. The average molecular weight is 599 g/mol. The number of ketones is 1. The van der Waals surface area contributed by atoms with E-state index in [4.69, 9.17) is 4.42 Å². The molecule has 2 N–H and O–H groups in total. The van der Waals surface area contributed by atoms with Crippen molar-refractivity contribution in [3.63, 3.8) is 0 Å². The highest BCUT2D eigenvalue weighted by Crippen LogP contribution is 2.31. The first-order chi connectivity index (χ1) is 19.9. The molecule has 1 aromatic heterocycles. The van der Waals surface area contributed by atoms with Crippen molar-refractivity contribution in [3.8, 4) is 0 Å². The van der Waals surface area contributed by atoms with Crippen molar-refractivity contribution in [1.29, 1.82) is 0 Å². The van der Waals surface area contributed by atoms with Gasteiger partial charge in [0.2, 0.25) is 11.7 Å². The van der Waals surface area contributed by atoms with Crippen LogP contribution in [0.5, 0.6) is 0 Å². The van der Waals surface area contributed by atoms with Crippen molar-refractivity contribution in [1.82, 2.24) is 30.6 Å². The van der Waals surface area contributed by atoms with E-state index in [2.05, 4.69) is 20.8 Å². The fourth-order valence-corrected chi connectivity index (χ4v) is 5.88. The molecule has 1 saturated carbocycles. The Kier molecular flexibility index (Phi) is 9.39. The van der Waals surface area contributed by atoms with Crippen molar-refractivity contribution in [2.24, 2.45) is 5.92 Å². The van der Waals surface area contributed by atoms with Gasteiger partial charge in [-0.15, -0.1) is 10.2 Å². The lowest BCUT2D eigenvalue weighted by atomic mass is 9.80. The first kappa shape index (κ1) is 31.2. The minimum absolute atomic E-state index is 0.0137. The van der Waals surface area contributed by atoms with Gasteiger partial charge in [-0.2, -0.15) is 0 Å². The number of amides is 5. The average Bonchev–Trinajstić information content (AvgIpc) is 3.50. The molecule has 0 radical (unpaired) electrons. The molecule has 1 aliphatic carbocycles. The summed E-state index contributed by atoms with van der Waals surface area (Å²) in [5.74, 6) is -1.97. The van der Waals surface area contributed by atoms with E-state index in [1.165, 1.54) is 4.90 Å². The Bertz CT molecular complexity index is 1340. The number of carbonyl (C=O) groups excluding carboxylic acids is 5. The summed E-state index contributed by atoms with van der Waals surface area (Å²) in [4.78, 5) is 67.9. The van der Waals surface area contributed by atoms with E-state index < -0.39 is 34.8 Å². The molecule has 2 heterocycles. The highest BCUT2D eigenvalue weighted by atomic mass is 32.2. The Balaban J connectivity index is 1.47. The number of hydrogen-bond acceptors (Lipinski definition) is 9. The summed E-state index contributed by atoms with van der Waals surface area (Å²) in [5.41, 5.74) is -1.66. The zero-order valence-corrected chi connectivity index (χ0v) is 25.5. The number of carbonyl (C=O) groups is 5. The molecule has 1 saturated heterocycles. The highest BCUT2D eigenvalue weighted by molar-refractivity contribution is 7.99. The lowest BCUT2D eigenvalue weighted by Crippen LogP contribution is -2.62. The highest BCUT2D eigenvalue weighted by Gasteiger charge is 2.49. The summed E-state index contributed by atoms with van der Waals surface area (Å²) in [5, 5.41) is 13.7. The van der Waals surface area contributed by atoms with Gasteiger partial charge in [-0.3, -0.25) is 24.1 Å². The van der Waals surface area contributed by atoms with Crippen LogP contribution in [0.2, 0.25) is 0 Å². The molecular weight excluding hydrogens is 560 g/mol. The maximum absolute atomic E-state index is 13.8. The standard InChI is InChI=1S/C29H38N6O6S/c1-18(2)16-20(30-24(38)29(14-10-7-11-15-29)31-22(37)19-12-8-6-9-13-19)21(36)23-32-33-26(41-23)42-17-35-25(39)28(3,4)34(5)27(35)40/h6,8-9,12-13,18,20H,7,10-11,14-17H2,1-5H3,(H,30,38)(H,31,37)/t20-/m0/s1. The normalized spacial score (nSPS) is 18.7. The monoisotopic (exact) mass is 598 g/mol. The number of nitrogens with zero attached hydrogens (tertiary/aromatic N) is 4. The third-order valence-corrected chi connectivity index (χ3v) is 8.72. The van der Waals surface area contributed by atoms with Gasteiger partial charge in [0.05, 0.1) is 11.9 Å². The van der Waals surface area contributed by atoms with Gasteiger partial charge < -0.3 is 20.0 Å². The van der Waals surface area contributed by atoms with Crippen LogP contribution in [0.25, 0.3) is 0 Å². The molecule has 5 amide bonds. The fourth-order valence-electron chi connectivity index (χ4n) is 5.17. The predicted octanol–water partition coefficient (Wildman–Crippen LogP) is 3.64. The number of nitrogens with one attached hydrogen (secondary N) is 2. The zero-order valence-electron chi connectivity index (χ0n) is 24.6. The van der Waals surface area contributed by atoms with Crippen LogP contribution in [0, 0.1) is 5.92 Å². The SMILES string of the molecule is CC(C)C[C@H](NC(=O)C1(NC(=O)c2ccccc2)CCCCC1)C(=O)c1nnc(SCN2C(=O)N(C)C(C)(C)C2=O)o1. The number of imide groups is 1. The second-order valence-corrected chi connectivity index (χ2v) is 12.7. The van der Waals surface area contributed by atoms with Gasteiger partial charge in [0.1, 0.15) is 11.1 Å². The van der Waals surface area contributed by atoms with E-state index in [-0.39, 0.29) is 34.7 Å². The predicted molar refractivity (Wildman–Crippen MR) is 155 cm³/mol. The maximum atomic E-state index is 13.8.